The van der Waals surface area contributed by atoms with E-state index < -0.39 is 6.03 Å². The van der Waals surface area contributed by atoms with Crippen LogP contribution in [0.5, 0.6) is 0 Å². The first-order valence-corrected chi connectivity index (χ1v) is 8.55. The number of hydrogen-bond donors (Lipinski definition) is 3. The highest BCUT2D eigenvalue weighted by molar-refractivity contribution is 7.14. The summed E-state index contributed by atoms with van der Waals surface area (Å²) in [5, 5.41) is 9.67. The second-order valence-electron chi connectivity index (χ2n) is 5.45. The first kappa shape index (κ1) is 17.6. The van der Waals surface area contributed by atoms with Crippen molar-refractivity contribution in [1.82, 2.24) is 4.98 Å². The van der Waals surface area contributed by atoms with Gasteiger partial charge in [-0.1, -0.05) is 12.1 Å². The summed E-state index contributed by atoms with van der Waals surface area (Å²) in [7, 11) is 0. The lowest BCUT2D eigenvalue weighted by Gasteiger charge is -2.05. The van der Waals surface area contributed by atoms with Crippen LogP contribution in [0, 0.1) is 12.7 Å². The molecule has 0 fully saturated rings. The number of carbonyl (C=O) groups is 2. The fourth-order valence-electron chi connectivity index (χ4n) is 2.15. The number of rotatable bonds is 4. The number of urea groups is 1. The molecule has 6 nitrogen and oxygen atoms in total. The molecule has 0 radical (unpaired) electrons. The maximum atomic E-state index is 12.9. The summed E-state index contributed by atoms with van der Waals surface area (Å²) in [5.74, 6) is -0.751. The van der Waals surface area contributed by atoms with Gasteiger partial charge in [0.25, 0.3) is 5.91 Å². The van der Waals surface area contributed by atoms with Gasteiger partial charge < -0.3 is 10.6 Å². The molecule has 2 aromatic carbocycles. The second-order valence-corrected chi connectivity index (χ2v) is 6.31. The molecule has 0 aliphatic carbocycles. The predicted octanol–water partition coefficient (Wildman–Crippen LogP) is 4.49. The molecular formula is C18H15FN4O2S. The van der Waals surface area contributed by atoms with Crippen LogP contribution < -0.4 is 16.0 Å². The molecule has 1 aromatic heterocycles. The van der Waals surface area contributed by atoms with Crippen molar-refractivity contribution in [3.63, 3.8) is 0 Å². The van der Waals surface area contributed by atoms with Crippen LogP contribution in [-0.4, -0.2) is 16.9 Å². The van der Waals surface area contributed by atoms with E-state index in [1.807, 2.05) is 25.1 Å². The van der Waals surface area contributed by atoms with Gasteiger partial charge in [-0.25, -0.2) is 14.2 Å². The van der Waals surface area contributed by atoms with Crippen molar-refractivity contribution in [3.8, 4) is 0 Å². The molecular weight excluding hydrogens is 355 g/mol. The zero-order valence-corrected chi connectivity index (χ0v) is 14.6. The van der Waals surface area contributed by atoms with Crippen molar-refractivity contribution in [3.05, 3.63) is 71.0 Å². The molecule has 3 aromatic rings. The minimum Gasteiger partial charge on any atom is -0.321 e. The van der Waals surface area contributed by atoms with Crippen LogP contribution in [0.25, 0.3) is 0 Å². The Hall–Kier alpha value is -3.26. The van der Waals surface area contributed by atoms with Crippen molar-refractivity contribution in [2.75, 3.05) is 16.0 Å². The first-order chi connectivity index (χ1) is 12.5. The molecule has 3 rings (SSSR count). The lowest BCUT2D eigenvalue weighted by molar-refractivity contribution is 0.102. The number of hydrogen-bond acceptors (Lipinski definition) is 4. The molecule has 0 spiro atoms. The number of carbonyl (C=O) groups excluding carboxylic acids is 2. The summed E-state index contributed by atoms with van der Waals surface area (Å²) in [6.07, 6.45) is 0. The van der Waals surface area contributed by atoms with Gasteiger partial charge in [0.2, 0.25) is 0 Å². The predicted molar refractivity (Wildman–Crippen MR) is 100 cm³/mol. The molecule has 0 bridgehead atoms. The number of aryl methyl sites for hydroxylation is 1. The monoisotopic (exact) mass is 370 g/mol. The lowest BCUT2D eigenvalue weighted by Crippen LogP contribution is -2.19. The van der Waals surface area contributed by atoms with Crippen LogP contribution in [0.3, 0.4) is 0 Å². The molecule has 3 N–H and O–H groups in total. The van der Waals surface area contributed by atoms with E-state index in [0.29, 0.717) is 11.4 Å². The molecule has 0 saturated carbocycles. The zero-order valence-electron chi connectivity index (χ0n) is 13.7. The van der Waals surface area contributed by atoms with Crippen molar-refractivity contribution < 1.29 is 14.0 Å². The second kappa shape index (κ2) is 7.75. The Balaban J connectivity index is 1.59. The molecule has 0 atom stereocenters. The average Bonchev–Trinajstić information content (AvgIpc) is 3.05. The number of halogens is 1. The van der Waals surface area contributed by atoms with Gasteiger partial charge in [0.05, 0.1) is 0 Å². The Morgan fingerprint density at radius 3 is 2.50 bits per heavy atom. The zero-order chi connectivity index (χ0) is 18.5. The number of benzene rings is 2. The molecule has 0 aliphatic heterocycles. The Kier molecular flexibility index (Phi) is 5.23. The topological polar surface area (TPSA) is 83.1 Å². The summed E-state index contributed by atoms with van der Waals surface area (Å²) in [6, 6.07) is 12.2. The molecule has 3 amide bonds. The number of nitrogens with zero attached hydrogens (tertiary/aromatic N) is 1. The van der Waals surface area contributed by atoms with E-state index in [1.54, 1.807) is 11.4 Å². The summed E-state index contributed by atoms with van der Waals surface area (Å²) in [4.78, 5) is 28.2. The molecule has 0 saturated heterocycles. The number of amides is 3. The quantitative estimate of drug-likeness (QED) is 0.633. The Labute approximate surface area is 153 Å². The van der Waals surface area contributed by atoms with Crippen molar-refractivity contribution in [2.24, 2.45) is 0 Å². The van der Waals surface area contributed by atoms with Gasteiger partial charge in [-0.15, -0.1) is 11.3 Å². The van der Waals surface area contributed by atoms with E-state index in [-0.39, 0.29) is 22.5 Å². The van der Waals surface area contributed by atoms with Crippen molar-refractivity contribution in [2.45, 2.75) is 6.92 Å². The van der Waals surface area contributed by atoms with Gasteiger partial charge in [-0.2, -0.15) is 0 Å². The van der Waals surface area contributed by atoms with E-state index in [9.17, 15) is 14.0 Å². The third-order valence-corrected chi connectivity index (χ3v) is 4.09. The highest BCUT2D eigenvalue weighted by atomic mass is 32.1. The Morgan fingerprint density at radius 2 is 1.77 bits per heavy atom. The number of anilines is 3. The van der Waals surface area contributed by atoms with E-state index >= 15 is 0 Å². The van der Waals surface area contributed by atoms with Crippen LogP contribution in [0.2, 0.25) is 0 Å². The minimum atomic E-state index is -0.531. The summed E-state index contributed by atoms with van der Waals surface area (Å²) < 4.78 is 12.9. The van der Waals surface area contributed by atoms with Crippen LogP contribution in [0.15, 0.2) is 53.9 Å². The largest absolute Gasteiger partial charge is 0.325 e. The summed E-state index contributed by atoms with van der Waals surface area (Å²) in [6.45, 7) is 1.93. The fraction of sp³-hybridized carbons (Fsp3) is 0.0556. The summed E-state index contributed by atoms with van der Waals surface area (Å²) in [5.41, 5.74) is 2.35. The molecule has 0 unspecified atom stereocenters. The van der Waals surface area contributed by atoms with Crippen LogP contribution >= 0.6 is 11.3 Å². The lowest BCUT2D eigenvalue weighted by atomic mass is 10.2. The minimum absolute atomic E-state index is 0.202. The number of thiazole rings is 1. The normalized spacial score (nSPS) is 10.2. The average molecular weight is 370 g/mol. The molecule has 26 heavy (non-hydrogen) atoms. The molecule has 132 valence electrons. The maximum absolute atomic E-state index is 12.9. The van der Waals surface area contributed by atoms with Crippen LogP contribution in [0.1, 0.15) is 16.1 Å². The maximum Gasteiger partial charge on any atom is 0.325 e. The van der Waals surface area contributed by atoms with Gasteiger partial charge in [-0.3, -0.25) is 10.1 Å². The van der Waals surface area contributed by atoms with Gasteiger partial charge in [-0.05, 0) is 48.9 Å². The fourth-order valence-corrected chi connectivity index (χ4v) is 2.83. The number of aromatic nitrogens is 1. The van der Waals surface area contributed by atoms with Crippen LogP contribution in [0.4, 0.5) is 25.7 Å². The highest BCUT2D eigenvalue weighted by Crippen LogP contribution is 2.18. The molecule has 0 aliphatic rings. The van der Waals surface area contributed by atoms with Gasteiger partial charge in [0, 0.05) is 16.8 Å². The highest BCUT2D eigenvalue weighted by Gasteiger charge is 2.13. The van der Waals surface area contributed by atoms with Gasteiger partial charge in [0.1, 0.15) is 11.5 Å². The van der Waals surface area contributed by atoms with Crippen LogP contribution in [-0.2, 0) is 0 Å². The Bertz CT molecular complexity index is 940. The summed E-state index contributed by atoms with van der Waals surface area (Å²) >= 11 is 1.13. The van der Waals surface area contributed by atoms with Gasteiger partial charge >= 0.3 is 6.03 Å². The smallest absolute Gasteiger partial charge is 0.321 e. The van der Waals surface area contributed by atoms with Gasteiger partial charge in [0.15, 0.2) is 5.13 Å². The Morgan fingerprint density at radius 1 is 1.00 bits per heavy atom. The van der Waals surface area contributed by atoms with Crippen molar-refractivity contribution in [1.29, 1.82) is 0 Å². The third kappa shape index (κ3) is 4.64. The SMILES string of the molecule is Cc1cccc(NC(=O)c2csc(NC(=O)Nc3ccc(F)cc3)n2)c1. The van der Waals surface area contributed by atoms with E-state index in [2.05, 4.69) is 20.9 Å². The first-order valence-electron chi connectivity index (χ1n) is 7.67. The van der Waals surface area contributed by atoms with E-state index in [1.165, 1.54) is 24.3 Å². The third-order valence-electron chi connectivity index (χ3n) is 3.34. The van der Waals surface area contributed by atoms with E-state index in [4.69, 9.17) is 0 Å². The number of nitrogens with one attached hydrogen (secondary N) is 3. The van der Waals surface area contributed by atoms with E-state index in [0.717, 1.165) is 16.9 Å². The standard InChI is InChI=1S/C18H15FN4O2S/c1-11-3-2-4-14(9-11)20-16(24)15-10-26-18(22-15)23-17(25)21-13-7-5-12(19)6-8-13/h2-10H,1H3,(H,20,24)(H2,21,22,23,25). The van der Waals surface area contributed by atoms with Crippen molar-refractivity contribution >= 4 is 39.8 Å². The molecule has 1 heterocycles. The molecule has 8 heteroatoms.